The van der Waals surface area contributed by atoms with Crippen LogP contribution in [0.4, 0.5) is 5.69 Å². The molecule has 0 fully saturated rings. The Morgan fingerprint density at radius 3 is 2.75 bits per heavy atom. The fourth-order valence-corrected chi connectivity index (χ4v) is 4.35. The molecule has 1 aliphatic rings. The second kappa shape index (κ2) is 8.88. The second-order valence-electron chi connectivity index (χ2n) is 6.98. The number of hydrogen-bond donors (Lipinski definition) is 0. The zero-order chi connectivity index (χ0) is 22.8. The summed E-state index contributed by atoms with van der Waals surface area (Å²) < 4.78 is 12.6. The van der Waals surface area contributed by atoms with Crippen LogP contribution in [0.1, 0.15) is 18.7 Å². The Balaban J connectivity index is 2.06. The number of fused-ring (bicyclic) bond motifs is 3. The minimum atomic E-state index is -0.777. The van der Waals surface area contributed by atoms with E-state index < -0.39 is 12.0 Å². The monoisotopic (exact) mass is 450 g/mol. The van der Waals surface area contributed by atoms with Crippen LogP contribution in [0.2, 0.25) is 0 Å². The number of carbonyl (C=O) groups excluding carboxylic acids is 1. The van der Waals surface area contributed by atoms with Crippen molar-refractivity contribution in [3.63, 3.8) is 0 Å². The van der Waals surface area contributed by atoms with Gasteiger partial charge in [-0.05, 0) is 30.3 Å². The van der Waals surface area contributed by atoms with Gasteiger partial charge in [-0.15, -0.1) is 6.58 Å². The molecule has 2 aromatic carbocycles. The number of methoxy groups -OCH3 is 2. The Hall–Kier alpha value is -3.59. The molecule has 164 valence electrons. The molecular formula is C23H22N4O4S. The van der Waals surface area contributed by atoms with E-state index in [1.165, 1.54) is 18.7 Å². The quantitative estimate of drug-likeness (QED) is 0.324. The molecule has 1 atom stereocenters. The normalized spacial score (nSPS) is 14.3. The second-order valence-corrected chi connectivity index (χ2v) is 7.97. The summed E-state index contributed by atoms with van der Waals surface area (Å²) in [7, 11) is 3.11. The van der Waals surface area contributed by atoms with Gasteiger partial charge in [0.15, 0.2) is 0 Å². The van der Waals surface area contributed by atoms with Crippen molar-refractivity contribution in [2.45, 2.75) is 18.2 Å². The zero-order valence-corrected chi connectivity index (χ0v) is 18.8. The third-order valence-corrected chi connectivity index (χ3v) is 5.94. The maximum atomic E-state index is 13.2. The number of carbonyl (C=O) groups is 1. The third kappa shape index (κ3) is 3.64. The maximum Gasteiger partial charge on any atom is 0.296 e. The van der Waals surface area contributed by atoms with Gasteiger partial charge >= 0.3 is 0 Å². The van der Waals surface area contributed by atoms with Crippen LogP contribution in [-0.2, 0) is 4.79 Å². The van der Waals surface area contributed by atoms with E-state index in [1.807, 2.05) is 12.1 Å². The third-order valence-electron chi connectivity index (χ3n) is 5.10. The molecule has 0 spiro atoms. The molecule has 1 amide bonds. The molecule has 0 bridgehead atoms. The molecule has 1 unspecified atom stereocenters. The van der Waals surface area contributed by atoms with Crippen molar-refractivity contribution in [1.82, 2.24) is 10.1 Å². The number of para-hydroxylation sites is 1. The molecule has 0 saturated heterocycles. The topological polar surface area (TPSA) is 91.5 Å². The maximum absolute atomic E-state index is 13.2. The van der Waals surface area contributed by atoms with Crippen LogP contribution in [0.25, 0.3) is 11.3 Å². The van der Waals surface area contributed by atoms with Crippen molar-refractivity contribution in [2.24, 2.45) is 0 Å². The number of nitrogens with zero attached hydrogens (tertiary/aromatic N) is 4. The molecule has 32 heavy (non-hydrogen) atoms. The lowest BCUT2D eigenvalue weighted by atomic mass is 10.0. The lowest BCUT2D eigenvalue weighted by Crippen LogP contribution is -2.58. The number of amides is 1. The molecule has 2 heterocycles. The first-order valence-electron chi connectivity index (χ1n) is 9.85. The van der Waals surface area contributed by atoms with E-state index in [0.717, 1.165) is 0 Å². The predicted octanol–water partition coefficient (Wildman–Crippen LogP) is 2.71. The van der Waals surface area contributed by atoms with Crippen molar-refractivity contribution in [3.8, 4) is 28.6 Å². The Labute approximate surface area is 190 Å². The summed E-state index contributed by atoms with van der Waals surface area (Å²) in [6.45, 7) is 5.19. The Morgan fingerprint density at radius 1 is 1.28 bits per heavy atom. The molecular weight excluding hydrogens is 428 g/mol. The van der Waals surface area contributed by atoms with E-state index in [9.17, 15) is 9.90 Å². The van der Waals surface area contributed by atoms with Crippen molar-refractivity contribution < 1.29 is 24.1 Å². The molecule has 3 aromatic rings. The predicted molar refractivity (Wildman–Crippen MR) is 119 cm³/mol. The van der Waals surface area contributed by atoms with Crippen molar-refractivity contribution >= 4 is 23.4 Å². The van der Waals surface area contributed by atoms with Gasteiger partial charge in [0, 0.05) is 17.8 Å². The molecule has 4 rings (SSSR count). The minimum absolute atomic E-state index is 0.211. The smallest absolute Gasteiger partial charge is 0.296 e. The molecule has 1 aromatic heterocycles. The average Bonchev–Trinajstić information content (AvgIpc) is 2.80. The summed E-state index contributed by atoms with van der Waals surface area (Å²) in [6, 6.07) is 12.6. The van der Waals surface area contributed by atoms with E-state index >= 15 is 0 Å². The summed E-state index contributed by atoms with van der Waals surface area (Å²) in [5.74, 6) is 1.03. The van der Waals surface area contributed by atoms with E-state index in [1.54, 1.807) is 60.2 Å². The van der Waals surface area contributed by atoms with Crippen LogP contribution in [0, 0.1) is 0 Å². The van der Waals surface area contributed by atoms with Gasteiger partial charge in [0.25, 0.3) is 17.0 Å². The van der Waals surface area contributed by atoms with E-state index in [-0.39, 0.29) is 5.91 Å². The van der Waals surface area contributed by atoms with Gasteiger partial charge in [0.2, 0.25) is 5.91 Å². The van der Waals surface area contributed by atoms with E-state index in [4.69, 9.17) is 9.47 Å². The van der Waals surface area contributed by atoms with Gasteiger partial charge in [0.1, 0.15) is 11.5 Å². The first-order valence-corrected chi connectivity index (χ1v) is 10.8. The van der Waals surface area contributed by atoms with Gasteiger partial charge in [-0.2, -0.15) is 0 Å². The molecule has 8 nitrogen and oxygen atoms in total. The largest absolute Gasteiger partial charge is 0.854 e. The number of aromatic nitrogens is 3. The van der Waals surface area contributed by atoms with Crippen molar-refractivity contribution in [3.05, 3.63) is 60.7 Å². The first-order chi connectivity index (χ1) is 15.5. The standard InChI is InChI=1S/C23H22N4O4S/c1-5-12-32-23-24-21(29)20-16-8-6-7-9-18(16)26(14(2)28)22(27(20)25-23)17-13-15(30-3)10-11-19(17)31-4/h5-11,13,22H,1,12H2,2-4H3. The SMILES string of the molecule is C=CCSc1nc([O-])c2[n+](n1)C(c1cc(OC)ccc1OC)N(C(C)=O)c1ccccc1-2. The van der Waals surface area contributed by atoms with Crippen molar-refractivity contribution in [1.29, 1.82) is 0 Å². The van der Waals surface area contributed by atoms with Gasteiger partial charge in [-0.1, -0.05) is 34.7 Å². The number of benzene rings is 2. The number of anilines is 1. The number of rotatable bonds is 6. The molecule has 0 saturated carbocycles. The fourth-order valence-electron chi connectivity index (χ4n) is 3.79. The summed E-state index contributed by atoms with van der Waals surface area (Å²) in [6.07, 6.45) is 0.934. The summed E-state index contributed by atoms with van der Waals surface area (Å²) >= 11 is 1.29. The highest BCUT2D eigenvalue weighted by molar-refractivity contribution is 7.99. The lowest BCUT2D eigenvalue weighted by Gasteiger charge is -2.33. The Morgan fingerprint density at radius 2 is 2.06 bits per heavy atom. The summed E-state index contributed by atoms with van der Waals surface area (Å²) in [5.41, 5.74) is 2.12. The van der Waals surface area contributed by atoms with Crippen LogP contribution in [0.3, 0.4) is 0 Å². The van der Waals surface area contributed by atoms with Gasteiger partial charge in [-0.3, -0.25) is 4.79 Å². The minimum Gasteiger partial charge on any atom is -0.854 e. The van der Waals surface area contributed by atoms with Crippen LogP contribution >= 0.6 is 11.8 Å². The number of hydrogen-bond acceptors (Lipinski definition) is 7. The molecule has 0 N–H and O–H groups in total. The lowest BCUT2D eigenvalue weighted by molar-refractivity contribution is -0.764. The average molecular weight is 451 g/mol. The molecule has 0 aliphatic carbocycles. The molecule has 0 radical (unpaired) electrons. The summed E-state index contributed by atoms with van der Waals surface area (Å²) in [4.78, 5) is 18.7. The highest BCUT2D eigenvalue weighted by atomic mass is 32.2. The van der Waals surface area contributed by atoms with Gasteiger partial charge in [-0.25, -0.2) is 9.88 Å². The highest BCUT2D eigenvalue weighted by Gasteiger charge is 2.45. The first kappa shape index (κ1) is 21.6. The fraction of sp³-hybridized carbons (Fsp3) is 0.217. The van der Waals surface area contributed by atoms with Crippen LogP contribution in [-0.4, -0.2) is 36.0 Å². The van der Waals surface area contributed by atoms with Crippen molar-refractivity contribution in [2.75, 3.05) is 24.9 Å². The number of thioether (sulfide) groups is 1. The van der Waals surface area contributed by atoms with E-state index in [0.29, 0.717) is 44.9 Å². The highest BCUT2D eigenvalue weighted by Crippen LogP contribution is 2.43. The molecule has 9 heteroatoms. The Kier molecular flexibility index (Phi) is 6.00. The molecule has 1 aliphatic heterocycles. The van der Waals surface area contributed by atoms with Gasteiger partial charge < -0.3 is 14.6 Å². The van der Waals surface area contributed by atoms with Crippen LogP contribution in [0.15, 0.2) is 60.3 Å². The van der Waals surface area contributed by atoms with Crippen LogP contribution in [0.5, 0.6) is 17.4 Å². The zero-order valence-electron chi connectivity index (χ0n) is 17.9. The Bertz CT molecular complexity index is 1200. The number of ether oxygens (including phenoxy) is 2. The van der Waals surface area contributed by atoms with E-state index in [2.05, 4.69) is 16.7 Å². The summed E-state index contributed by atoms with van der Waals surface area (Å²) in [5, 5.41) is 18.1. The van der Waals surface area contributed by atoms with Crippen LogP contribution < -0.4 is 24.2 Å². The van der Waals surface area contributed by atoms with Gasteiger partial charge in [0.05, 0.1) is 36.9 Å².